The van der Waals surface area contributed by atoms with Crippen LogP contribution in [0.1, 0.15) is 36.7 Å². The van der Waals surface area contributed by atoms with E-state index in [1.54, 1.807) is 0 Å². The summed E-state index contributed by atoms with van der Waals surface area (Å²) in [5.74, 6) is -0.130. The molecule has 32 heavy (non-hydrogen) atoms. The molecule has 8 nitrogen and oxygen atoms in total. The Hall–Kier alpha value is -2.82. The van der Waals surface area contributed by atoms with Gasteiger partial charge in [-0.15, -0.1) is 0 Å². The summed E-state index contributed by atoms with van der Waals surface area (Å²) in [6.45, 7) is 3.86. The van der Waals surface area contributed by atoms with E-state index in [1.165, 1.54) is 18.2 Å². The topological polar surface area (TPSA) is 91.3 Å². The zero-order chi connectivity index (χ0) is 22.9. The molecule has 0 aliphatic carbocycles. The van der Waals surface area contributed by atoms with Gasteiger partial charge in [0.15, 0.2) is 5.69 Å². The highest BCUT2D eigenvalue weighted by atomic mass is 19.4. The van der Waals surface area contributed by atoms with Gasteiger partial charge in [0.05, 0.1) is 5.52 Å². The van der Waals surface area contributed by atoms with Crippen LogP contribution < -0.4 is 16.0 Å². The maximum Gasteiger partial charge on any atom is 0.408 e. The van der Waals surface area contributed by atoms with Gasteiger partial charge in [0, 0.05) is 30.2 Å². The Morgan fingerprint density at radius 3 is 2.59 bits per heavy atom. The predicted octanol–water partition coefficient (Wildman–Crippen LogP) is 2.95. The number of nitrogens with one attached hydrogen (secondary N) is 3. The Labute approximate surface area is 183 Å². The van der Waals surface area contributed by atoms with Crippen molar-refractivity contribution in [2.75, 3.05) is 31.5 Å². The highest BCUT2D eigenvalue weighted by molar-refractivity contribution is 6.06. The van der Waals surface area contributed by atoms with Crippen LogP contribution in [0.3, 0.4) is 0 Å². The van der Waals surface area contributed by atoms with E-state index in [0.717, 1.165) is 43.6 Å². The molecular formula is C21H27F3N6O2. The lowest BCUT2D eigenvalue weighted by molar-refractivity contribution is -0.141. The number of alkyl halides is 3. The maximum absolute atomic E-state index is 13.1. The predicted molar refractivity (Wildman–Crippen MR) is 114 cm³/mol. The van der Waals surface area contributed by atoms with Crippen LogP contribution in [-0.2, 0) is 6.54 Å². The number of rotatable bonds is 6. The normalized spacial score (nSPS) is 22.7. The second kappa shape index (κ2) is 8.97. The lowest BCUT2D eigenvalue weighted by atomic mass is 9.84. The molecule has 4 heterocycles. The van der Waals surface area contributed by atoms with Crippen LogP contribution in [0.2, 0.25) is 0 Å². The maximum atomic E-state index is 13.1. The van der Waals surface area contributed by atoms with Crippen LogP contribution in [-0.4, -0.2) is 65.0 Å². The van der Waals surface area contributed by atoms with Gasteiger partial charge < -0.3 is 20.9 Å². The molecule has 3 amide bonds. The van der Waals surface area contributed by atoms with Gasteiger partial charge in [-0.25, -0.2) is 4.79 Å². The van der Waals surface area contributed by atoms with Gasteiger partial charge in [-0.05, 0) is 56.5 Å². The monoisotopic (exact) mass is 452 g/mol. The van der Waals surface area contributed by atoms with Crippen molar-refractivity contribution in [1.82, 2.24) is 25.3 Å². The minimum absolute atomic E-state index is 0.0473. The molecule has 3 fully saturated rings. The van der Waals surface area contributed by atoms with Crippen molar-refractivity contribution in [2.45, 2.75) is 44.9 Å². The van der Waals surface area contributed by atoms with Gasteiger partial charge in [0.2, 0.25) is 0 Å². The van der Waals surface area contributed by atoms with Gasteiger partial charge in [0.1, 0.15) is 6.54 Å². The first kappa shape index (κ1) is 22.4. The summed E-state index contributed by atoms with van der Waals surface area (Å²) >= 11 is 0. The number of benzene rings is 1. The lowest BCUT2D eigenvalue weighted by Crippen LogP contribution is -2.57. The fourth-order valence-electron chi connectivity index (χ4n) is 4.49. The highest BCUT2D eigenvalue weighted by Gasteiger charge is 2.36. The Kier molecular flexibility index (Phi) is 6.27. The molecule has 0 radical (unpaired) electrons. The molecule has 3 N–H and O–H groups in total. The molecule has 1 atom stereocenters. The van der Waals surface area contributed by atoms with Crippen molar-refractivity contribution in [1.29, 1.82) is 0 Å². The number of anilines is 1. The van der Waals surface area contributed by atoms with Gasteiger partial charge >= 0.3 is 12.2 Å². The summed E-state index contributed by atoms with van der Waals surface area (Å²) in [6.07, 6.45) is -1.73. The van der Waals surface area contributed by atoms with Crippen LogP contribution >= 0.6 is 0 Å². The lowest BCUT2D eigenvalue weighted by Gasteiger charge is -2.44. The van der Waals surface area contributed by atoms with Crippen LogP contribution in [0.15, 0.2) is 18.2 Å². The summed E-state index contributed by atoms with van der Waals surface area (Å²) in [5, 5.41) is 12.6. The molecule has 2 aromatic rings. The number of hydrogen-bond acceptors (Lipinski definition) is 4. The minimum atomic E-state index is -4.49. The summed E-state index contributed by atoms with van der Waals surface area (Å²) in [6, 6.07) is 3.96. The second-order valence-electron chi connectivity index (χ2n) is 8.45. The molecule has 174 valence electrons. The van der Waals surface area contributed by atoms with Crippen molar-refractivity contribution in [3.05, 3.63) is 23.9 Å². The van der Waals surface area contributed by atoms with E-state index in [1.807, 2.05) is 6.92 Å². The van der Waals surface area contributed by atoms with Crippen molar-refractivity contribution in [3.8, 4) is 0 Å². The molecular weight excluding hydrogens is 425 g/mol. The van der Waals surface area contributed by atoms with Crippen LogP contribution in [0.4, 0.5) is 23.7 Å². The fraction of sp³-hybridized carbons (Fsp3) is 0.571. The summed E-state index contributed by atoms with van der Waals surface area (Å²) in [4.78, 5) is 27.3. The van der Waals surface area contributed by atoms with E-state index in [9.17, 15) is 22.8 Å². The quantitative estimate of drug-likeness (QED) is 0.629. The third kappa shape index (κ3) is 4.98. The number of carbonyl (C=O) groups excluding carboxylic acids is 2. The van der Waals surface area contributed by atoms with Gasteiger partial charge in [-0.2, -0.15) is 18.3 Å². The molecule has 3 aliphatic rings. The molecule has 11 heteroatoms. The number of carbonyl (C=O) groups is 2. The number of urea groups is 1. The number of amides is 3. The van der Waals surface area contributed by atoms with E-state index < -0.39 is 24.7 Å². The Balaban J connectivity index is 1.62. The van der Waals surface area contributed by atoms with Crippen molar-refractivity contribution < 1.29 is 22.8 Å². The molecule has 3 aliphatic heterocycles. The number of fused-ring (bicyclic) bond motifs is 4. The Morgan fingerprint density at radius 2 is 1.97 bits per heavy atom. The van der Waals surface area contributed by atoms with E-state index >= 15 is 0 Å². The van der Waals surface area contributed by atoms with Crippen molar-refractivity contribution in [3.63, 3.8) is 0 Å². The average Bonchev–Trinajstić information content (AvgIpc) is 3.09. The first-order chi connectivity index (χ1) is 15.2. The fourth-order valence-corrected chi connectivity index (χ4v) is 4.49. The van der Waals surface area contributed by atoms with E-state index in [2.05, 4.69) is 25.9 Å². The summed E-state index contributed by atoms with van der Waals surface area (Å²) < 4.78 is 40.1. The van der Waals surface area contributed by atoms with E-state index in [0.29, 0.717) is 18.2 Å². The first-order valence-electron chi connectivity index (χ1n) is 10.9. The molecule has 3 saturated heterocycles. The van der Waals surface area contributed by atoms with Crippen LogP contribution in [0.25, 0.3) is 10.9 Å². The number of aromatic nitrogens is 2. The average molecular weight is 452 g/mol. The first-order valence-corrected chi connectivity index (χ1v) is 10.9. The minimum Gasteiger partial charge on any atom is -0.346 e. The van der Waals surface area contributed by atoms with Crippen LogP contribution in [0.5, 0.6) is 0 Å². The van der Waals surface area contributed by atoms with Gasteiger partial charge in [-0.3, -0.25) is 9.48 Å². The van der Waals surface area contributed by atoms with Crippen molar-refractivity contribution in [2.24, 2.45) is 5.92 Å². The highest BCUT2D eigenvalue weighted by Crippen LogP contribution is 2.29. The molecule has 0 saturated carbocycles. The molecule has 1 aromatic heterocycles. The third-order valence-corrected chi connectivity index (χ3v) is 6.06. The van der Waals surface area contributed by atoms with Crippen molar-refractivity contribution >= 4 is 28.5 Å². The number of piperidine rings is 3. The van der Waals surface area contributed by atoms with Gasteiger partial charge in [0.25, 0.3) is 5.91 Å². The zero-order valence-electron chi connectivity index (χ0n) is 17.8. The molecule has 0 unspecified atom stereocenters. The number of hydrogen-bond donors (Lipinski definition) is 3. The number of halogens is 3. The molecule has 2 bridgehead atoms. The largest absolute Gasteiger partial charge is 0.408 e. The standard InChI is InChI=1S/C21H27F3N6O2/c1-2-7-25-20(32)26-14-3-4-17-15(10-14)18(28-30(17)12-21(22,23)24)19(31)27-16-11-29-8-5-13(16)6-9-29/h3-4,10,13,16H,2,5-9,11-12H2,1H3,(H,27,31)(H2,25,26,32)/t16-/m1/s1. The molecule has 0 spiro atoms. The Bertz CT molecular complexity index is 997. The van der Waals surface area contributed by atoms with E-state index in [-0.39, 0.29) is 22.6 Å². The summed E-state index contributed by atoms with van der Waals surface area (Å²) in [5.41, 5.74) is 0.480. The SMILES string of the molecule is CCCNC(=O)Nc1ccc2c(c1)c(C(=O)N[C@@H]1CN3CCC1CC3)nn2CC(F)(F)F. The third-order valence-electron chi connectivity index (χ3n) is 6.06. The smallest absolute Gasteiger partial charge is 0.346 e. The van der Waals surface area contributed by atoms with Crippen LogP contribution in [0, 0.1) is 5.92 Å². The molecule has 1 aromatic carbocycles. The summed E-state index contributed by atoms with van der Waals surface area (Å²) in [7, 11) is 0. The second-order valence-corrected chi connectivity index (χ2v) is 8.45. The Morgan fingerprint density at radius 1 is 1.22 bits per heavy atom. The zero-order valence-corrected chi connectivity index (χ0v) is 17.8. The van der Waals surface area contributed by atoms with E-state index in [4.69, 9.17) is 0 Å². The molecule has 5 rings (SSSR count). The van der Waals surface area contributed by atoms with Gasteiger partial charge in [-0.1, -0.05) is 6.92 Å². The number of nitrogens with zero attached hydrogens (tertiary/aromatic N) is 3.